The number of anilines is 1. The first-order valence-corrected chi connectivity index (χ1v) is 7.48. The Labute approximate surface area is 137 Å². The third-order valence-electron chi connectivity index (χ3n) is 4.14. The van der Waals surface area contributed by atoms with Crippen molar-refractivity contribution in [3.8, 4) is 17.4 Å². The third-order valence-corrected chi connectivity index (χ3v) is 4.14. The predicted octanol–water partition coefficient (Wildman–Crippen LogP) is 2.65. The monoisotopic (exact) mass is 321 g/mol. The van der Waals surface area contributed by atoms with Gasteiger partial charge in [-0.1, -0.05) is 30.3 Å². The molecule has 1 aliphatic rings. The van der Waals surface area contributed by atoms with Crippen LogP contribution in [0.25, 0.3) is 0 Å². The minimum Gasteiger partial charge on any atom is -0.497 e. The third kappa shape index (κ3) is 2.20. The van der Waals surface area contributed by atoms with Crippen LogP contribution in [0.5, 0.6) is 17.4 Å². The Balaban J connectivity index is 1.96. The van der Waals surface area contributed by atoms with Gasteiger partial charge in [0.2, 0.25) is 5.88 Å². The van der Waals surface area contributed by atoms with Gasteiger partial charge in [0.05, 0.1) is 12.7 Å². The van der Waals surface area contributed by atoms with E-state index in [4.69, 9.17) is 15.2 Å². The number of nitrogens with one attached hydrogen (secondary N) is 1. The molecule has 1 aromatic heterocycles. The average molecular weight is 321 g/mol. The van der Waals surface area contributed by atoms with E-state index in [2.05, 4.69) is 9.97 Å². The lowest BCUT2D eigenvalue weighted by molar-refractivity contribution is 0.414. The molecule has 1 aliphatic heterocycles. The van der Waals surface area contributed by atoms with E-state index in [1.807, 2.05) is 48.5 Å². The predicted molar refractivity (Wildman–Crippen MR) is 89.7 cm³/mol. The molecule has 2 heterocycles. The SMILES string of the molecule is COc1ccc(C2c3ccccc3Oc3nc(=O)[nH]c(N)c32)cc1. The Bertz CT molecular complexity index is 964. The summed E-state index contributed by atoms with van der Waals surface area (Å²) in [6, 6.07) is 15.4. The summed E-state index contributed by atoms with van der Waals surface area (Å²) >= 11 is 0. The molecule has 0 aliphatic carbocycles. The fourth-order valence-electron chi connectivity index (χ4n) is 3.05. The van der Waals surface area contributed by atoms with E-state index in [9.17, 15) is 4.79 Å². The zero-order chi connectivity index (χ0) is 16.7. The quantitative estimate of drug-likeness (QED) is 0.592. The number of ether oxygens (including phenoxy) is 2. The summed E-state index contributed by atoms with van der Waals surface area (Å²) in [5.74, 6) is 1.77. The molecule has 4 rings (SSSR count). The number of rotatable bonds is 2. The molecular weight excluding hydrogens is 306 g/mol. The number of H-pyrrole nitrogens is 1. The second kappa shape index (κ2) is 5.42. The van der Waals surface area contributed by atoms with Gasteiger partial charge in [0.25, 0.3) is 0 Å². The molecule has 120 valence electrons. The lowest BCUT2D eigenvalue weighted by atomic mass is 9.84. The van der Waals surface area contributed by atoms with Crippen LogP contribution in [-0.4, -0.2) is 17.1 Å². The minimum absolute atomic E-state index is 0.180. The van der Waals surface area contributed by atoms with Gasteiger partial charge in [-0.25, -0.2) is 4.79 Å². The summed E-state index contributed by atoms with van der Waals surface area (Å²) in [6.07, 6.45) is 0. The molecule has 24 heavy (non-hydrogen) atoms. The Morgan fingerprint density at radius 3 is 2.67 bits per heavy atom. The molecule has 3 N–H and O–H groups in total. The van der Waals surface area contributed by atoms with Crippen molar-refractivity contribution in [2.24, 2.45) is 0 Å². The van der Waals surface area contributed by atoms with Crippen LogP contribution >= 0.6 is 0 Å². The van der Waals surface area contributed by atoms with Gasteiger partial charge in [0, 0.05) is 11.5 Å². The van der Waals surface area contributed by atoms with Crippen molar-refractivity contribution >= 4 is 5.82 Å². The maximum absolute atomic E-state index is 11.7. The minimum atomic E-state index is -0.529. The van der Waals surface area contributed by atoms with Crippen molar-refractivity contribution in [3.05, 3.63) is 75.7 Å². The van der Waals surface area contributed by atoms with Crippen molar-refractivity contribution < 1.29 is 9.47 Å². The van der Waals surface area contributed by atoms with Crippen LogP contribution in [0.3, 0.4) is 0 Å². The average Bonchev–Trinajstić information content (AvgIpc) is 2.60. The molecule has 0 spiro atoms. The maximum Gasteiger partial charge on any atom is 0.349 e. The molecular formula is C18H15N3O3. The number of methoxy groups -OCH3 is 1. The zero-order valence-electron chi connectivity index (χ0n) is 12.9. The first-order valence-electron chi connectivity index (χ1n) is 7.48. The summed E-state index contributed by atoms with van der Waals surface area (Å²) < 4.78 is 11.0. The zero-order valence-corrected chi connectivity index (χ0v) is 12.9. The number of aromatic amines is 1. The second-order valence-electron chi connectivity index (χ2n) is 5.52. The van der Waals surface area contributed by atoms with E-state index in [1.165, 1.54) is 0 Å². The first-order chi connectivity index (χ1) is 11.7. The van der Waals surface area contributed by atoms with Crippen LogP contribution in [-0.2, 0) is 0 Å². The molecule has 0 saturated heterocycles. The number of hydrogen-bond acceptors (Lipinski definition) is 5. The highest BCUT2D eigenvalue weighted by Gasteiger charge is 2.32. The summed E-state index contributed by atoms with van der Waals surface area (Å²) in [4.78, 5) is 18.2. The summed E-state index contributed by atoms with van der Waals surface area (Å²) in [6.45, 7) is 0. The topological polar surface area (TPSA) is 90.2 Å². The van der Waals surface area contributed by atoms with E-state index in [-0.39, 0.29) is 17.6 Å². The standard InChI is InChI=1S/C18H15N3O3/c1-23-11-8-6-10(7-9-11)14-12-4-2-3-5-13(12)24-17-15(14)16(19)20-18(22)21-17/h2-9,14H,1H3,(H3,19,20,21,22). The van der Waals surface area contributed by atoms with Crippen molar-refractivity contribution in [1.29, 1.82) is 0 Å². The fourth-order valence-corrected chi connectivity index (χ4v) is 3.05. The van der Waals surface area contributed by atoms with Crippen LogP contribution in [0, 0.1) is 0 Å². The molecule has 1 atom stereocenters. The number of para-hydroxylation sites is 1. The number of aromatic nitrogens is 2. The van der Waals surface area contributed by atoms with Crippen molar-refractivity contribution in [2.75, 3.05) is 12.8 Å². The smallest absolute Gasteiger partial charge is 0.349 e. The van der Waals surface area contributed by atoms with E-state index >= 15 is 0 Å². The number of hydrogen-bond donors (Lipinski definition) is 2. The van der Waals surface area contributed by atoms with Gasteiger partial charge in [-0.3, -0.25) is 4.98 Å². The van der Waals surface area contributed by atoms with Crippen molar-refractivity contribution in [2.45, 2.75) is 5.92 Å². The van der Waals surface area contributed by atoms with Crippen LogP contribution in [0.4, 0.5) is 5.82 Å². The van der Waals surface area contributed by atoms with E-state index in [1.54, 1.807) is 7.11 Å². The number of nitrogen functional groups attached to an aromatic ring is 1. The summed E-state index contributed by atoms with van der Waals surface area (Å²) in [5.41, 5.74) is 8.20. The summed E-state index contributed by atoms with van der Waals surface area (Å²) in [5, 5.41) is 0. The number of nitrogens with two attached hydrogens (primary N) is 1. The van der Waals surface area contributed by atoms with Gasteiger partial charge in [-0.15, -0.1) is 0 Å². The van der Waals surface area contributed by atoms with Crippen molar-refractivity contribution in [3.63, 3.8) is 0 Å². The van der Waals surface area contributed by atoms with Gasteiger partial charge in [0.15, 0.2) is 0 Å². The van der Waals surface area contributed by atoms with Crippen LogP contribution in [0.2, 0.25) is 0 Å². The largest absolute Gasteiger partial charge is 0.497 e. The number of nitrogens with zero attached hydrogens (tertiary/aromatic N) is 1. The second-order valence-corrected chi connectivity index (χ2v) is 5.52. The molecule has 0 saturated carbocycles. The van der Waals surface area contributed by atoms with E-state index in [0.29, 0.717) is 11.3 Å². The normalized spacial score (nSPS) is 15.1. The highest BCUT2D eigenvalue weighted by atomic mass is 16.5. The molecule has 6 nitrogen and oxygen atoms in total. The highest BCUT2D eigenvalue weighted by molar-refractivity contribution is 5.62. The first kappa shape index (κ1) is 14.3. The van der Waals surface area contributed by atoms with Gasteiger partial charge in [-0.2, -0.15) is 4.98 Å². The number of benzene rings is 2. The molecule has 0 amide bonds. The van der Waals surface area contributed by atoms with Gasteiger partial charge >= 0.3 is 5.69 Å². The Kier molecular flexibility index (Phi) is 3.23. The molecule has 1 unspecified atom stereocenters. The Morgan fingerprint density at radius 2 is 1.92 bits per heavy atom. The molecule has 0 bridgehead atoms. The van der Waals surface area contributed by atoms with Gasteiger partial charge < -0.3 is 15.2 Å². The van der Waals surface area contributed by atoms with Crippen LogP contribution in [0.1, 0.15) is 22.6 Å². The maximum atomic E-state index is 11.7. The van der Waals surface area contributed by atoms with Gasteiger partial charge in [0.1, 0.15) is 17.3 Å². The molecule has 2 aromatic carbocycles. The molecule has 0 radical (unpaired) electrons. The van der Waals surface area contributed by atoms with E-state index < -0.39 is 5.69 Å². The van der Waals surface area contributed by atoms with Gasteiger partial charge in [-0.05, 0) is 23.8 Å². The molecule has 6 heteroatoms. The molecule has 0 fully saturated rings. The lowest BCUT2D eigenvalue weighted by Gasteiger charge is -2.28. The number of fused-ring (bicyclic) bond motifs is 2. The molecule has 3 aromatic rings. The fraction of sp³-hybridized carbons (Fsp3) is 0.111. The Morgan fingerprint density at radius 1 is 1.17 bits per heavy atom. The van der Waals surface area contributed by atoms with Crippen molar-refractivity contribution in [1.82, 2.24) is 9.97 Å². The summed E-state index contributed by atoms with van der Waals surface area (Å²) in [7, 11) is 1.63. The van der Waals surface area contributed by atoms with Crippen LogP contribution < -0.4 is 20.9 Å². The highest BCUT2D eigenvalue weighted by Crippen LogP contribution is 2.47. The Hall–Kier alpha value is -3.28. The van der Waals surface area contributed by atoms with Crippen LogP contribution in [0.15, 0.2) is 53.3 Å². The van der Waals surface area contributed by atoms with E-state index in [0.717, 1.165) is 16.9 Å². The lowest BCUT2D eigenvalue weighted by Crippen LogP contribution is -2.22.